The molecule has 28 heavy (non-hydrogen) atoms. The standard InChI is InChI=1S/C22H20N4O2/c1-25(11-12-26-21(27)18-6-2-3-7-19(18)22(26)28)15-16-8-9-20(24-13-16)17-5-4-10-23-14-17/h2-10,13-14H,11-12,15H2,1H3. The zero-order chi connectivity index (χ0) is 19.5. The molecule has 3 heterocycles. The third-order valence-corrected chi connectivity index (χ3v) is 4.82. The van der Waals surface area contributed by atoms with Gasteiger partial charge in [0.1, 0.15) is 0 Å². The lowest BCUT2D eigenvalue weighted by atomic mass is 10.1. The predicted molar refractivity (Wildman–Crippen MR) is 106 cm³/mol. The van der Waals surface area contributed by atoms with Crippen LogP contribution in [0.25, 0.3) is 11.3 Å². The summed E-state index contributed by atoms with van der Waals surface area (Å²) >= 11 is 0. The Kier molecular flexibility index (Phi) is 4.95. The maximum absolute atomic E-state index is 12.4. The highest BCUT2D eigenvalue weighted by atomic mass is 16.2. The number of hydrogen-bond acceptors (Lipinski definition) is 5. The van der Waals surface area contributed by atoms with Crippen molar-refractivity contribution in [2.45, 2.75) is 6.54 Å². The van der Waals surface area contributed by atoms with Crippen molar-refractivity contribution in [2.75, 3.05) is 20.1 Å². The molecule has 0 aliphatic carbocycles. The van der Waals surface area contributed by atoms with Gasteiger partial charge < -0.3 is 4.90 Å². The van der Waals surface area contributed by atoms with Crippen molar-refractivity contribution in [1.82, 2.24) is 19.8 Å². The zero-order valence-electron chi connectivity index (χ0n) is 15.6. The van der Waals surface area contributed by atoms with E-state index in [4.69, 9.17) is 0 Å². The van der Waals surface area contributed by atoms with Crippen molar-refractivity contribution in [3.8, 4) is 11.3 Å². The van der Waals surface area contributed by atoms with Crippen LogP contribution in [0, 0.1) is 0 Å². The van der Waals surface area contributed by atoms with E-state index in [2.05, 4.69) is 14.9 Å². The fourth-order valence-corrected chi connectivity index (χ4v) is 3.31. The number of hydrogen-bond donors (Lipinski definition) is 0. The predicted octanol–water partition coefficient (Wildman–Crippen LogP) is 2.87. The van der Waals surface area contributed by atoms with E-state index in [9.17, 15) is 9.59 Å². The van der Waals surface area contributed by atoms with Crippen LogP contribution >= 0.6 is 0 Å². The van der Waals surface area contributed by atoms with Gasteiger partial charge in [-0.1, -0.05) is 18.2 Å². The molecule has 0 spiro atoms. The highest BCUT2D eigenvalue weighted by Gasteiger charge is 2.34. The van der Waals surface area contributed by atoms with Crippen LogP contribution in [-0.4, -0.2) is 51.7 Å². The van der Waals surface area contributed by atoms with Crippen molar-refractivity contribution >= 4 is 11.8 Å². The van der Waals surface area contributed by atoms with Gasteiger partial charge in [0.05, 0.1) is 16.8 Å². The van der Waals surface area contributed by atoms with Crippen molar-refractivity contribution in [1.29, 1.82) is 0 Å². The first-order valence-corrected chi connectivity index (χ1v) is 9.12. The first kappa shape index (κ1) is 18.0. The molecule has 3 aromatic rings. The zero-order valence-corrected chi connectivity index (χ0v) is 15.6. The Hall–Kier alpha value is -3.38. The summed E-state index contributed by atoms with van der Waals surface area (Å²) in [4.78, 5) is 36.9. The molecule has 0 atom stereocenters. The van der Waals surface area contributed by atoms with Crippen LogP contribution in [0.5, 0.6) is 0 Å². The van der Waals surface area contributed by atoms with Gasteiger partial charge in [0.15, 0.2) is 0 Å². The van der Waals surface area contributed by atoms with Gasteiger partial charge in [-0.3, -0.25) is 24.5 Å². The first-order chi connectivity index (χ1) is 13.6. The minimum absolute atomic E-state index is 0.212. The van der Waals surface area contributed by atoms with Crippen LogP contribution in [0.1, 0.15) is 26.3 Å². The fraction of sp³-hybridized carbons (Fsp3) is 0.182. The molecule has 0 saturated heterocycles. The molecule has 1 aliphatic rings. The summed E-state index contributed by atoms with van der Waals surface area (Å²) in [6.45, 7) is 1.64. The number of rotatable bonds is 6. The van der Waals surface area contributed by atoms with Gasteiger partial charge in [0, 0.05) is 43.8 Å². The minimum atomic E-state index is -0.212. The van der Waals surface area contributed by atoms with E-state index in [1.54, 1.807) is 36.7 Å². The van der Waals surface area contributed by atoms with E-state index in [1.807, 2.05) is 37.5 Å². The number of imide groups is 1. The Balaban J connectivity index is 1.35. The lowest BCUT2D eigenvalue weighted by molar-refractivity contribution is 0.0640. The molecule has 0 bridgehead atoms. The van der Waals surface area contributed by atoms with Gasteiger partial charge in [-0.25, -0.2) is 0 Å². The normalized spacial score (nSPS) is 13.3. The van der Waals surface area contributed by atoms with Crippen molar-refractivity contribution in [3.63, 3.8) is 0 Å². The summed E-state index contributed by atoms with van der Waals surface area (Å²) < 4.78 is 0. The van der Waals surface area contributed by atoms with Crippen molar-refractivity contribution in [3.05, 3.63) is 83.8 Å². The summed E-state index contributed by atoms with van der Waals surface area (Å²) in [5, 5.41) is 0. The van der Waals surface area contributed by atoms with Crippen LogP contribution in [0.3, 0.4) is 0 Å². The van der Waals surface area contributed by atoms with Crippen LogP contribution in [0.2, 0.25) is 0 Å². The number of aromatic nitrogens is 2. The monoisotopic (exact) mass is 372 g/mol. The molecular weight excluding hydrogens is 352 g/mol. The van der Waals surface area contributed by atoms with Crippen LogP contribution in [0.4, 0.5) is 0 Å². The number of pyridine rings is 2. The van der Waals surface area contributed by atoms with Crippen molar-refractivity contribution < 1.29 is 9.59 Å². The number of carbonyl (C=O) groups excluding carboxylic acids is 2. The van der Waals surface area contributed by atoms with E-state index in [-0.39, 0.29) is 11.8 Å². The number of carbonyl (C=O) groups is 2. The highest BCUT2D eigenvalue weighted by Crippen LogP contribution is 2.22. The summed E-state index contributed by atoms with van der Waals surface area (Å²) in [5.74, 6) is -0.423. The molecule has 2 amide bonds. The summed E-state index contributed by atoms with van der Waals surface area (Å²) in [5.41, 5.74) is 3.91. The first-order valence-electron chi connectivity index (χ1n) is 9.12. The van der Waals surface area contributed by atoms with Gasteiger partial charge in [0.2, 0.25) is 0 Å². The Bertz CT molecular complexity index is 968. The van der Waals surface area contributed by atoms with Gasteiger partial charge in [-0.2, -0.15) is 0 Å². The molecule has 1 aliphatic heterocycles. The number of fused-ring (bicyclic) bond motifs is 1. The lowest BCUT2D eigenvalue weighted by Crippen LogP contribution is -2.36. The quantitative estimate of drug-likeness (QED) is 0.623. The van der Waals surface area contributed by atoms with Gasteiger partial charge in [-0.05, 0) is 42.9 Å². The SMILES string of the molecule is CN(CCN1C(=O)c2ccccc2C1=O)Cc1ccc(-c2cccnc2)nc1. The summed E-state index contributed by atoms with van der Waals surface area (Å²) in [6.07, 6.45) is 5.37. The molecule has 0 unspecified atom stereocenters. The van der Waals surface area contributed by atoms with E-state index in [0.29, 0.717) is 30.8 Å². The van der Waals surface area contributed by atoms with E-state index in [1.165, 1.54) is 4.90 Å². The van der Waals surface area contributed by atoms with Gasteiger partial charge in [-0.15, -0.1) is 0 Å². The lowest BCUT2D eigenvalue weighted by Gasteiger charge is -2.20. The van der Waals surface area contributed by atoms with Crippen LogP contribution in [-0.2, 0) is 6.54 Å². The Morgan fingerprint density at radius 3 is 2.29 bits per heavy atom. The second kappa shape index (κ2) is 7.70. The fourth-order valence-electron chi connectivity index (χ4n) is 3.31. The van der Waals surface area contributed by atoms with Crippen LogP contribution < -0.4 is 0 Å². The largest absolute Gasteiger partial charge is 0.300 e. The van der Waals surface area contributed by atoms with Gasteiger partial charge >= 0.3 is 0 Å². The Labute approximate surface area is 163 Å². The second-order valence-electron chi connectivity index (χ2n) is 6.84. The third kappa shape index (κ3) is 3.54. The number of nitrogens with zero attached hydrogens (tertiary/aromatic N) is 4. The molecule has 4 rings (SSSR count). The maximum atomic E-state index is 12.4. The molecular formula is C22H20N4O2. The minimum Gasteiger partial charge on any atom is -0.300 e. The second-order valence-corrected chi connectivity index (χ2v) is 6.84. The smallest absolute Gasteiger partial charge is 0.261 e. The van der Waals surface area contributed by atoms with Crippen molar-refractivity contribution in [2.24, 2.45) is 0 Å². The summed E-state index contributed by atoms with van der Waals surface area (Å²) in [7, 11) is 1.97. The summed E-state index contributed by atoms with van der Waals surface area (Å²) in [6, 6.07) is 14.8. The Morgan fingerprint density at radius 2 is 1.68 bits per heavy atom. The Morgan fingerprint density at radius 1 is 0.929 bits per heavy atom. The maximum Gasteiger partial charge on any atom is 0.261 e. The molecule has 0 fully saturated rings. The molecule has 6 nitrogen and oxygen atoms in total. The molecule has 0 radical (unpaired) electrons. The molecule has 2 aromatic heterocycles. The topological polar surface area (TPSA) is 66.4 Å². The highest BCUT2D eigenvalue weighted by molar-refractivity contribution is 6.21. The molecule has 0 saturated carbocycles. The number of likely N-dealkylation sites (N-methyl/N-ethyl adjacent to an activating group) is 1. The number of amides is 2. The third-order valence-electron chi connectivity index (χ3n) is 4.82. The van der Waals surface area contributed by atoms with E-state index >= 15 is 0 Å². The van der Waals surface area contributed by atoms with E-state index in [0.717, 1.165) is 16.8 Å². The molecule has 0 N–H and O–H groups in total. The van der Waals surface area contributed by atoms with Gasteiger partial charge in [0.25, 0.3) is 11.8 Å². The average molecular weight is 372 g/mol. The molecule has 140 valence electrons. The molecule has 6 heteroatoms. The molecule has 1 aromatic carbocycles. The van der Waals surface area contributed by atoms with E-state index < -0.39 is 0 Å². The van der Waals surface area contributed by atoms with Crippen LogP contribution in [0.15, 0.2) is 67.1 Å². The average Bonchev–Trinajstić information content (AvgIpc) is 2.98. The number of benzene rings is 1.